The third kappa shape index (κ3) is 6.36. The number of unbranched alkanes of at least 4 members (excludes halogenated alkanes) is 1. The van der Waals surface area contributed by atoms with Gasteiger partial charge < -0.3 is 21.4 Å². The maximum absolute atomic E-state index is 12.0. The molecule has 2 amide bonds. The molecule has 0 saturated heterocycles. The van der Waals surface area contributed by atoms with Crippen molar-refractivity contribution in [3.8, 4) is 0 Å². The molecule has 1 aliphatic heterocycles. The summed E-state index contributed by atoms with van der Waals surface area (Å²) in [5, 5.41) is 0. The summed E-state index contributed by atoms with van der Waals surface area (Å²) < 4.78 is 4.84. The monoisotopic (exact) mass is 551 g/mol. The third-order valence-electron chi connectivity index (χ3n) is 3.94. The van der Waals surface area contributed by atoms with Crippen molar-refractivity contribution in [3.05, 3.63) is 47.4 Å². The predicted octanol–water partition coefficient (Wildman–Crippen LogP) is 3.82. The molecule has 1 aromatic rings. The van der Waals surface area contributed by atoms with E-state index < -0.39 is 0 Å². The van der Waals surface area contributed by atoms with Crippen LogP contribution in [0.1, 0.15) is 64.1 Å². The SMILES string of the molecule is CCN1C(=O)c2[c-]c(C)c(C)c(C)c2C1=O.[CH2-]CO[CH-]CCC.[V+2].[W]. The first-order valence-corrected chi connectivity index (χ1v) is 8.02. The Bertz CT molecular complexity index is 587. The van der Waals surface area contributed by atoms with Gasteiger partial charge in [-0.3, -0.25) is 4.79 Å². The summed E-state index contributed by atoms with van der Waals surface area (Å²) in [6, 6.07) is 3.03. The smallest absolute Gasteiger partial charge is 0.578 e. The summed E-state index contributed by atoms with van der Waals surface area (Å²) in [5.74, 6) is -0.395. The predicted molar refractivity (Wildman–Crippen MR) is 91.0 cm³/mol. The molecule has 0 atom stereocenters. The molecule has 1 heterocycles. The molecule has 0 bridgehead atoms. The summed E-state index contributed by atoms with van der Waals surface area (Å²) in [5.41, 5.74) is 3.86. The fourth-order valence-electron chi connectivity index (χ4n) is 2.36. The van der Waals surface area contributed by atoms with Crippen molar-refractivity contribution >= 4 is 11.8 Å². The number of hydrogen-bond acceptors (Lipinski definition) is 3. The standard InChI is InChI=1S/C13H14NO2.C6H12O.V.W/c1-5-14-12(15)10-6-7(2)8(3)9(4)11(10)13(14)16;1-3-5-6-7-4-2;;/h5H2,1-4H3;6H,2-5H2,1H3;;/q-1;-2;+2;. The van der Waals surface area contributed by atoms with Crippen LogP contribution in [0.5, 0.6) is 0 Å². The van der Waals surface area contributed by atoms with Crippen molar-refractivity contribution in [2.45, 2.75) is 47.5 Å². The van der Waals surface area contributed by atoms with Gasteiger partial charge in [0.25, 0.3) is 0 Å². The Morgan fingerprint density at radius 3 is 2.20 bits per heavy atom. The maximum atomic E-state index is 12.0. The Labute approximate surface area is 178 Å². The molecule has 0 aromatic heterocycles. The Morgan fingerprint density at radius 1 is 1.12 bits per heavy atom. The topological polar surface area (TPSA) is 46.6 Å². The average molecular weight is 551 g/mol. The van der Waals surface area contributed by atoms with E-state index in [9.17, 15) is 9.59 Å². The minimum atomic E-state index is -0.214. The van der Waals surface area contributed by atoms with E-state index >= 15 is 0 Å². The zero-order chi connectivity index (χ0) is 17.6. The molecule has 0 N–H and O–H groups in total. The number of carbonyl (C=O) groups is 2. The summed E-state index contributed by atoms with van der Waals surface area (Å²) in [7, 11) is 0. The molecule has 1 aliphatic rings. The number of ether oxygens (including phenoxy) is 1. The molecule has 0 saturated carbocycles. The van der Waals surface area contributed by atoms with Gasteiger partial charge in [-0.2, -0.15) is 6.42 Å². The first-order valence-electron chi connectivity index (χ1n) is 8.02. The Morgan fingerprint density at radius 2 is 1.72 bits per heavy atom. The van der Waals surface area contributed by atoms with Crippen molar-refractivity contribution in [1.29, 1.82) is 0 Å². The molecule has 25 heavy (non-hydrogen) atoms. The van der Waals surface area contributed by atoms with E-state index in [1.165, 1.54) is 4.90 Å². The second-order valence-electron chi connectivity index (χ2n) is 5.43. The molecule has 6 heteroatoms. The first-order chi connectivity index (χ1) is 10.9. The van der Waals surface area contributed by atoms with Crippen molar-refractivity contribution in [3.63, 3.8) is 0 Å². The summed E-state index contributed by atoms with van der Waals surface area (Å²) in [4.78, 5) is 25.2. The number of benzene rings is 1. The van der Waals surface area contributed by atoms with Gasteiger partial charge >= 0.3 is 18.6 Å². The zero-order valence-corrected chi connectivity index (χ0v) is 20.0. The van der Waals surface area contributed by atoms with E-state index in [1.54, 1.807) is 13.5 Å². The normalized spacial score (nSPS) is 12.0. The fourth-order valence-corrected chi connectivity index (χ4v) is 2.36. The van der Waals surface area contributed by atoms with Crippen LogP contribution in [-0.4, -0.2) is 29.9 Å². The molecule has 0 unspecified atom stereocenters. The maximum Gasteiger partial charge on any atom is 2.00 e. The minimum absolute atomic E-state index is 0. The van der Waals surface area contributed by atoms with Crippen LogP contribution in [-0.2, 0) is 44.4 Å². The van der Waals surface area contributed by atoms with Gasteiger partial charge in [0.05, 0.1) is 0 Å². The quantitative estimate of drug-likeness (QED) is 0.318. The third-order valence-corrected chi connectivity index (χ3v) is 3.94. The van der Waals surface area contributed by atoms with Crippen LogP contribution in [0.4, 0.5) is 0 Å². The first kappa shape index (κ1) is 26.8. The van der Waals surface area contributed by atoms with Gasteiger partial charge in [-0.05, 0) is 12.5 Å². The number of amides is 2. The Balaban J connectivity index is 0. The summed E-state index contributed by atoms with van der Waals surface area (Å²) >= 11 is 0. The molecule has 0 fully saturated rings. The van der Waals surface area contributed by atoms with Gasteiger partial charge in [-0.1, -0.05) is 39.7 Å². The van der Waals surface area contributed by atoms with Crippen LogP contribution >= 0.6 is 0 Å². The van der Waals surface area contributed by atoms with E-state index in [1.807, 2.05) is 20.8 Å². The number of carbonyl (C=O) groups excluding carboxylic acids is 2. The van der Waals surface area contributed by atoms with Crippen LogP contribution in [0.15, 0.2) is 0 Å². The van der Waals surface area contributed by atoms with Gasteiger partial charge in [0.2, 0.25) is 5.91 Å². The summed E-state index contributed by atoms with van der Waals surface area (Å²) in [6.07, 6.45) is 2.19. The van der Waals surface area contributed by atoms with Gasteiger partial charge in [0.15, 0.2) is 5.91 Å². The summed E-state index contributed by atoms with van der Waals surface area (Å²) in [6.45, 7) is 15.9. The Kier molecular flexibility index (Phi) is 13.8. The van der Waals surface area contributed by atoms with E-state index in [2.05, 4.69) is 19.9 Å². The van der Waals surface area contributed by atoms with Crippen molar-refractivity contribution in [2.75, 3.05) is 13.2 Å². The van der Waals surface area contributed by atoms with Crippen molar-refractivity contribution in [1.82, 2.24) is 4.90 Å². The van der Waals surface area contributed by atoms with Crippen LogP contribution in [0.25, 0.3) is 0 Å². The van der Waals surface area contributed by atoms with Crippen molar-refractivity contribution in [2.24, 2.45) is 0 Å². The van der Waals surface area contributed by atoms with E-state index in [4.69, 9.17) is 4.74 Å². The Hall–Kier alpha value is -0.407. The molecule has 2 rings (SSSR count). The van der Waals surface area contributed by atoms with Crippen LogP contribution in [0.2, 0.25) is 0 Å². The molecule has 137 valence electrons. The van der Waals surface area contributed by atoms with Crippen LogP contribution in [0.3, 0.4) is 0 Å². The van der Waals surface area contributed by atoms with E-state index in [-0.39, 0.29) is 51.4 Å². The number of aryl methyl sites for hydroxylation is 1. The van der Waals surface area contributed by atoms with Crippen LogP contribution < -0.4 is 0 Å². The molecular weight excluding hydrogens is 525 g/mol. The van der Waals surface area contributed by atoms with Gasteiger partial charge in [0.1, 0.15) is 0 Å². The van der Waals surface area contributed by atoms with Gasteiger partial charge in [-0.25, -0.2) is 6.61 Å². The second kappa shape index (κ2) is 12.9. The molecule has 1 aromatic carbocycles. The molecule has 0 aliphatic carbocycles. The zero-order valence-electron chi connectivity index (χ0n) is 15.6. The molecule has 0 spiro atoms. The average Bonchev–Trinajstić information content (AvgIpc) is 2.77. The minimum Gasteiger partial charge on any atom is -0.578 e. The number of nitrogens with zero attached hydrogens (tertiary/aromatic N) is 1. The molecule has 4 nitrogen and oxygen atoms in total. The van der Waals surface area contributed by atoms with E-state index in [0.29, 0.717) is 24.3 Å². The van der Waals surface area contributed by atoms with Crippen LogP contribution in [0, 0.1) is 40.4 Å². The second-order valence-corrected chi connectivity index (χ2v) is 5.43. The van der Waals surface area contributed by atoms with Gasteiger partial charge in [-0.15, -0.1) is 29.4 Å². The number of imide groups is 1. The largest absolute Gasteiger partial charge is 2.00 e. The number of fused-ring (bicyclic) bond motifs is 1. The molecule has 1 radical (unpaired) electrons. The van der Waals surface area contributed by atoms with Crippen molar-refractivity contribution < 1.29 is 53.9 Å². The number of hydrogen-bond donors (Lipinski definition) is 0. The fraction of sp³-hybridized carbons (Fsp3) is 0.474. The number of rotatable bonds is 5. The van der Waals surface area contributed by atoms with E-state index in [0.717, 1.165) is 29.5 Å². The van der Waals surface area contributed by atoms with Gasteiger partial charge in [0, 0.05) is 27.6 Å². The molecular formula is C19H26NO3VW-.